The lowest BCUT2D eigenvalue weighted by atomic mass is 9.96. The summed E-state index contributed by atoms with van der Waals surface area (Å²) in [7, 11) is 3.61. The van der Waals surface area contributed by atoms with Crippen molar-refractivity contribution in [1.82, 2.24) is 19.7 Å². The van der Waals surface area contributed by atoms with Gasteiger partial charge < -0.3 is 9.80 Å². The number of aryl methyl sites for hydroxylation is 1. The van der Waals surface area contributed by atoms with Gasteiger partial charge in [-0.3, -0.25) is 9.48 Å². The number of carbonyl (C=O) groups is 1. The number of piperidine rings is 1. The molecule has 1 saturated heterocycles. The van der Waals surface area contributed by atoms with Gasteiger partial charge in [-0.05, 0) is 30.9 Å². The monoisotopic (exact) mass is 331 g/mol. The van der Waals surface area contributed by atoms with Crippen molar-refractivity contribution in [2.24, 2.45) is 13.0 Å². The highest BCUT2D eigenvalue weighted by Gasteiger charge is 2.24. The van der Waals surface area contributed by atoms with Gasteiger partial charge in [0.05, 0.1) is 11.8 Å². The number of hydrogen-bond donors (Lipinski definition) is 0. The third-order valence-corrected chi connectivity index (χ3v) is 4.48. The molecule has 0 aliphatic carbocycles. The number of amides is 1. The topological polar surface area (TPSA) is 54.3 Å². The van der Waals surface area contributed by atoms with Crippen LogP contribution in [0.25, 0.3) is 0 Å². The lowest BCUT2D eigenvalue weighted by Gasteiger charge is -2.34. The van der Waals surface area contributed by atoms with Crippen molar-refractivity contribution in [2.45, 2.75) is 12.8 Å². The Balaban J connectivity index is 1.53. The highest BCUT2D eigenvalue weighted by molar-refractivity contribution is 5.93. The number of pyridine rings is 1. The van der Waals surface area contributed by atoms with E-state index in [4.69, 9.17) is 0 Å². The Bertz CT molecular complexity index is 709. The van der Waals surface area contributed by atoms with Gasteiger partial charge in [0.1, 0.15) is 0 Å². The molecule has 0 spiro atoms. The summed E-state index contributed by atoms with van der Waals surface area (Å²) in [5.41, 5.74) is 0.605. The fourth-order valence-corrected chi connectivity index (χ4v) is 3.16. The van der Waals surface area contributed by atoms with E-state index in [0.29, 0.717) is 23.8 Å². The van der Waals surface area contributed by atoms with E-state index in [9.17, 15) is 9.18 Å². The molecular weight excluding hydrogens is 309 g/mol. The summed E-state index contributed by atoms with van der Waals surface area (Å²) in [4.78, 5) is 20.2. The van der Waals surface area contributed by atoms with Crippen LogP contribution in [0.2, 0.25) is 0 Å². The van der Waals surface area contributed by atoms with Crippen molar-refractivity contribution in [3.8, 4) is 0 Å². The number of rotatable bonds is 4. The molecule has 3 rings (SSSR count). The Morgan fingerprint density at radius 2 is 2.17 bits per heavy atom. The number of hydrogen-bond acceptors (Lipinski definition) is 4. The number of anilines is 1. The second kappa shape index (κ2) is 6.98. The molecule has 0 aromatic carbocycles. The van der Waals surface area contributed by atoms with Crippen LogP contribution in [0.5, 0.6) is 0 Å². The van der Waals surface area contributed by atoms with E-state index in [0.717, 1.165) is 25.9 Å². The molecule has 3 heterocycles. The van der Waals surface area contributed by atoms with Crippen molar-refractivity contribution in [2.75, 3.05) is 31.6 Å². The van der Waals surface area contributed by atoms with Gasteiger partial charge in [0.2, 0.25) is 0 Å². The van der Waals surface area contributed by atoms with E-state index < -0.39 is 0 Å². The quantitative estimate of drug-likeness (QED) is 0.859. The second-order valence-electron chi connectivity index (χ2n) is 6.33. The highest BCUT2D eigenvalue weighted by Crippen LogP contribution is 2.24. The fourth-order valence-electron chi connectivity index (χ4n) is 3.16. The minimum Gasteiger partial charge on any atom is -0.354 e. The Morgan fingerprint density at radius 1 is 1.42 bits per heavy atom. The van der Waals surface area contributed by atoms with Crippen molar-refractivity contribution >= 4 is 11.7 Å². The van der Waals surface area contributed by atoms with Crippen LogP contribution < -0.4 is 4.90 Å². The van der Waals surface area contributed by atoms with Gasteiger partial charge in [0.25, 0.3) is 5.91 Å². The minimum absolute atomic E-state index is 0.0127. The summed E-state index contributed by atoms with van der Waals surface area (Å²) < 4.78 is 15.4. The zero-order chi connectivity index (χ0) is 17.1. The molecule has 0 atom stereocenters. The second-order valence-corrected chi connectivity index (χ2v) is 6.33. The highest BCUT2D eigenvalue weighted by atomic mass is 19.1. The largest absolute Gasteiger partial charge is 0.354 e. The van der Waals surface area contributed by atoms with Gasteiger partial charge in [-0.1, -0.05) is 0 Å². The van der Waals surface area contributed by atoms with E-state index >= 15 is 0 Å². The van der Waals surface area contributed by atoms with Gasteiger partial charge in [0, 0.05) is 46.1 Å². The molecule has 2 aromatic heterocycles. The number of nitrogens with zero attached hydrogens (tertiary/aromatic N) is 5. The molecule has 1 aliphatic heterocycles. The van der Waals surface area contributed by atoms with Crippen LogP contribution in [0, 0.1) is 11.7 Å². The number of halogens is 1. The summed E-state index contributed by atoms with van der Waals surface area (Å²) in [5, 5.41) is 4.04. The van der Waals surface area contributed by atoms with Crippen LogP contribution in [0.1, 0.15) is 23.2 Å². The lowest BCUT2D eigenvalue weighted by molar-refractivity contribution is 0.0765. The molecule has 0 radical (unpaired) electrons. The van der Waals surface area contributed by atoms with Crippen molar-refractivity contribution < 1.29 is 9.18 Å². The standard InChI is InChI=1S/C17H22FN5O/c1-21(17(24)14-10-20-22(2)12-14)11-13-5-8-23(9-6-13)16-15(18)4-3-7-19-16/h3-4,7,10,12-13H,5-6,8-9,11H2,1-2H3. The predicted molar refractivity (Wildman–Crippen MR) is 89.3 cm³/mol. The van der Waals surface area contributed by atoms with E-state index in [1.807, 2.05) is 11.9 Å². The summed E-state index contributed by atoms with van der Waals surface area (Å²) in [6, 6.07) is 3.04. The smallest absolute Gasteiger partial charge is 0.256 e. The van der Waals surface area contributed by atoms with Crippen LogP contribution in [0.15, 0.2) is 30.7 Å². The van der Waals surface area contributed by atoms with Crippen molar-refractivity contribution in [3.63, 3.8) is 0 Å². The first-order chi connectivity index (χ1) is 11.5. The molecule has 1 amide bonds. The molecule has 0 unspecified atom stereocenters. The minimum atomic E-state index is -0.278. The summed E-state index contributed by atoms with van der Waals surface area (Å²) in [5.74, 6) is 0.551. The lowest BCUT2D eigenvalue weighted by Crippen LogP contribution is -2.40. The maximum Gasteiger partial charge on any atom is 0.256 e. The number of carbonyl (C=O) groups excluding carboxylic acids is 1. The molecule has 0 saturated carbocycles. The molecule has 128 valence electrons. The summed E-state index contributed by atoms with van der Waals surface area (Å²) in [6.07, 6.45) is 6.77. The van der Waals surface area contributed by atoms with Crippen molar-refractivity contribution in [3.05, 3.63) is 42.1 Å². The van der Waals surface area contributed by atoms with E-state index in [1.54, 1.807) is 41.3 Å². The van der Waals surface area contributed by atoms with Gasteiger partial charge in [-0.2, -0.15) is 5.10 Å². The Morgan fingerprint density at radius 3 is 2.79 bits per heavy atom. The Hall–Kier alpha value is -2.44. The van der Waals surface area contributed by atoms with Crippen LogP contribution in [0.4, 0.5) is 10.2 Å². The Labute approximate surface area is 140 Å². The van der Waals surface area contributed by atoms with E-state index in [1.165, 1.54) is 6.07 Å². The van der Waals surface area contributed by atoms with Gasteiger partial charge in [-0.15, -0.1) is 0 Å². The molecular formula is C17H22FN5O. The van der Waals surface area contributed by atoms with Gasteiger partial charge in [0.15, 0.2) is 11.6 Å². The zero-order valence-electron chi connectivity index (χ0n) is 14.0. The van der Waals surface area contributed by atoms with E-state index in [2.05, 4.69) is 10.1 Å². The van der Waals surface area contributed by atoms with E-state index in [-0.39, 0.29) is 11.7 Å². The number of aromatic nitrogens is 3. The Kier molecular flexibility index (Phi) is 4.78. The average Bonchev–Trinajstić information content (AvgIpc) is 3.02. The normalized spacial score (nSPS) is 15.5. The third-order valence-electron chi connectivity index (χ3n) is 4.48. The van der Waals surface area contributed by atoms with Crippen LogP contribution in [-0.4, -0.2) is 52.3 Å². The predicted octanol–water partition coefficient (Wildman–Crippen LogP) is 1.94. The van der Waals surface area contributed by atoms with Gasteiger partial charge >= 0.3 is 0 Å². The van der Waals surface area contributed by atoms with Crippen molar-refractivity contribution in [1.29, 1.82) is 0 Å². The van der Waals surface area contributed by atoms with Crippen LogP contribution in [-0.2, 0) is 7.05 Å². The molecule has 7 heteroatoms. The SMILES string of the molecule is CN(CC1CCN(c2ncccc2F)CC1)C(=O)c1cnn(C)c1. The first-order valence-electron chi connectivity index (χ1n) is 8.14. The molecule has 6 nitrogen and oxygen atoms in total. The molecule has 1 aliphatic rings. The third kappa shape index (κ3) is 3.55. The molecule has 0 N–H and O–H groups in total. The molecule has 24 heavy (non-hydrogen) atoms. The maximum atomic E-state index is 13.8. The van der Waals surface area contributed by atoms with Gasteiger partial charge in [-0.25, -0.2) is 9.37 Å². The molecule has 2 aromatic rings. The zero-order valence-corrected chi connectivity index (χ0v) is 14.0. The average molecular weight is 331 g/mol. The molecule has 1 fully saturated rings. The first-order valence-corrected chi connectivity index (χ1v) is 8.14. The fraction of sp³-hybridized carbons (Fsp3) is 0.471. The molecule has 0 bridgehead atoms. The first kappa shape index (κ1) is 16.4. The maximum absolute atomic E-state index is 13.8. The van der Waals surface area contributed by atoms with Crippen LogP contribution >= 0.6 is 0 Å². The summed E-state index contributed by atoms with van der Waals surface area (Å²) in [6.45, 7) is 2.22. The summed E-state index contributed by atoms with van der Waals surface area (Å²) >= 11 is 0. The van der Waals surface area contributed by atoms with Crippen LogP contribution in [0.3, 0.4) is 0 Å².